The molecule has 0 bridgehead atoms. The molecule has 0 saturated carbocycles. The number of hydrogen-bond acceptors (Lipinski definition) is 2. The number of aliphatic carboxylic acids is 1. The Bertz CT molecular complexity index is 1010. The van der Waals surface area contributed by atoms with Gasteiger partial charge in [0.15, 0.2) is 11.6 Å². The lowest BCUT2D eigenvalue weighted by molar-refractivity contribution is -0.144. The van der Waals surface area contributed by atoms with Crippen LogP contribution in [0.2, 0.25) is 0 Å². The van der Waals surface area contributed by atoms with E-state index >= 15 is 0 Å². The second-order valence-corrected chi connectivity index (χ2v) is 7.45. The third kappa shape index (κ3) is 3.42. The summed E-state index contributed by atoms with van der Waals surface area (Å²) in [5, 5.41) is 12.4. The lowest BCUT2D eigenvalue weighted by Crippen LogP contribution is -2.55. The molecule has 1 aliphatic rings. The Morgan fingerprint density at radius 1 is 1.14 bits per heavy atom. The van der Waals surface area contributed by atoms with Gasteiger partial charge in [0.1, 0.15) is 5.54 Å². The molecular formula is C22H21F2NO3. The molecule has 6 heteroatoms. The number of halogens is 2. The minimum atomic E-state index is -1.72. The minimum Gasteiger partial charge on any atom is -0.479 e. The molecule has 28 heavy (non-hydrogen) atoms. The number of amides is 1. The quantitative estimate of drug-likeness (QED) is 0.835. The van der Waals surface area contributed by atoms with Crippen molar-refractivity contribution in [3.05, 3.63) is 75.4 Å². The summed E-state index contributed by atoms with van der Waals surface area (Å²) in [5.74, 6) is -3.94. The molecule has 1 aliphatic carbocycles. The molecule has 0 spiro atoms. The van der Waals surface area contributed by atoms with E-state index in [0.29, 0.717) is 16.7 Å². The van der Waals surface area contributed by atoms with Crippen LogP contribution in [0.1, 0.15) is 46.5 Å². The van der Waals surface area contributed by atoms with E-state index < -0.39 is 29.0 Å². The highest BCUT2D eigenvalue weighted by Gasteiger charge is 2.47. The largest absolute Gasteiger partial charge is 0.479 e. The van der Waals surface area contributed by atoms with Gasteiger partial charge in [-0.05, 0) is 55.2 Å². The van der Waals surface area contributed by atoms with Gasteiger partial charge in [-0.3, -0.25) is 4.79 Å². The maximum Gasteiger partial charge on any atom is 0.330 e. The number of fused-ring (bicyclic) bond motifs is 1. The molecule has 1 unspecified atom stereocenters. The van der Waals surface area contributed by atoms with Crippen LogP contribution in [-0.4, -0.2) is 22.5 Å². The molecule has 0 heterocycles. The molecule has 0 radical (unpaired) electrons. The Hall–Kier alpha value is -3.02. The van der Waals surface area contributed by atoms with Crippen LogP contribution < -0.4 is 5.32 Å². The van der Waals surface area contributed by atoms with Crippen LogP contribution in [0.4, 0.5) is 8.78 Å². The third-order valence-corrected chi connectivity index (χ3v) is 5.03. The number of carbonyl (C=O) groups excluding carboxylic acids is 1. The average Bonchev–Trinajstić information content (AvgIpc) is 3.00. The number of benzene rings is 2. The van der Waals surface area contributed by atoms with E-state index in [2.05, 4.69) is 5.32 Å². The fraction of sp³-hybridized carbons (Fsp3) is 0.273. The summed E-state index contributed by atoms with van der Waals surface area (Å²) in [6.45, 7) is 5.66. The highest BCUT2D eigenvalue weighted by Crippen LogP contribution is 2.34. The van der Waals surface area contributed by atoms with Gasteiger partial charge in [-0.2, -0.15) is 0 Å². The summed E-state index contributed by atoms with van der Waals surface area (Å²) in [5.41, 5.74) is 1.56. The van der Waals surface area contributed by atoms with E-state index in [1.54, 1.807) is 12.1 Å². The Morgan fingerprint density at radius 2 is 1.86 bits per heavy atom. The van der Waals surface area contributed by atoms with E-state index in [1.165, 1.54) is 6.07 Å². The maximum absolute atomic E-state index is 14.1. The molecular weight excluding hydrogens is 364 g/mol. The molecule has 1 atom stereocenters. The zero-order valence-corrected chi connectivity index (χ0v) is 15.9. The van der Waals surface area contributed by atoms with Crippen molar-refractivity contribution < 1.29 is 23.5 Å². The van der Waals surface area contributed by atoms with Gasteiger partial charge in [0, 0.05) is 18.4 Å². The molecule has 3 rings (SSSR count). The van der Waals surface area contributed by atoms with E-state index in [1.807, 2.05) is 32.9 Å². The summed E-state index contributed by atoms with van der Waals surface area (Å²) in [6.07, 6.45) is 1.44. The van der Waals surface area contributed by atoms with Crippen LogP contribution in [0.3, 0.4) is 0 Å². The molecule has 146 valence electrons. The van der Waals surface area contributed by atoms with Crippen LogP contribution in [-0.2, 0) is 17.6 Å². The van der Waals surface area contributed by atoms with Gasteiger partial charge in [0.25, 0.3) is 5.91 Å². The van der Waals surface area contributed by atoms with Crippen molar-refractivity contribution in [2.45, 2.75) is 39.2 Å². The van der Waals surface area contributed by atoms with Crippen molar-refractivity contribution in [2.24, 2.45) is 0 Å². The number of aryl methyl sites for hydroxylation is 1. The van der Waals surface area contributed by atoms with Crippen LogP contribution in [0.5, 0.6) is 0 Å². The fourth-order valence-electron chi connectivity index (χ4n) is 3.62. The third-order valence-electron chi connectivity index (χ3n) is 5.03. The predicted octanol–water partition coefficient (Wildman–Crippen LogP) is 4.05. The molecule has 0 aliphatic heterocycles. The Morgan fingerprint density at radius 3 is 2.50 bits per heavy atom. The number of hydrogen-bond donors (Lipinski definition) is 2. The molecule has 2 aromatic carbocycles. The average molecular weight is 385 g/mol. The van der Waals surface area contributed by atoms with Gasteiger partial charge in [0.05, 0.1) is 0 Å². The van der Waals surface area contributed by atoms with Crippen LogP contribution in [0.15, 0.2) is 35.9 Å². The van der Waals surface area contributed by atoms with Crippen LogP contribution >= 0.6 is 0 Å². The van der Waals surface area contributed by atoms with Gasteiger partial charge in [-0.15, -0.1) is 0 Å². The number of carboxylic acid groups (broad SMARTS) is 1. The monoisotopic (exact) mass is 385 g/mol. The first-order valence-electron chi connectivity index (χ1n) is 8.91. The lowest BCUT2D eigenvalue weighted by Gasteiger charge is -2.26. The number of rotatable bonds is 4. The molecule has 0 aromatic heterocycles. The Kier molecular flexibility index (Phi) is 5.06. The smallest absolute Gasteiger partial charge is 0.330 e. The SMILES string of the molecule is CC(C)=Cc1c(C)cccc1C(=O)NC1(C(=O)O)Cc2ccc(F)c(F)c2C1. The summed E-state index contributed by atoms with van der Waals surface area (Å²) in [6, 6.07) is 7.54. The number of carboxylic acids is 1. The second kappa shape index (κ2) is 7.19. The first kappa shape index (κ1) is 19.7. The molecule has 0 fully saturated rings. The van der Waals surface area contributed by atoms with Crippen molar-refractivity contribution in [2.75, 3.05) is 0 Å². The van der Waals surface area contributed by atoms with E-state index in [9.17, 15) is 23.5 Å². The minimum absolute atomic E-state index is 0.00327. The molecule has 0 saturated heterocycles. The van der Waals surface area contributed by atoms with Crippen molar-refractivity contribution in [1.29, 1.82) is 0 Å². The number of carbonyl (C=O) groups is 2. The van der Waals surface area contributed by atoms with Gasteiger partial charge >= 0.3 is 5.97 Å². The zero-order valence-electron chi connectivity index (χ0n) is 15.9. The second-order valence-electron chi connectivity index (χ2n) is 7.45. The first-order valence-corrected chi connectivity index (χ1v) is 8.91. The van der Waals surface area contributed by atoms with Crippen molar-refractivity contribution in [3.63, 3.8) is 0 Å². The standard InChI is InChI=1S/C22H21F2NO3/c1-12(2)9-16-13(3)5-4-6-15(16)20(26)25-22(21(27)28)10-14-7-8-18(23)19(24)17(14)11-22/h4-9H,10-11H2,1-3H3,(H,25,26)(H,27,28). The van der Waals surface area contributed by atoms with E-state index in [4.69, 9.17) is 0 Å². The van der Waals surface area contributed by atoms with E-state index in [-0.39, 0.29) is 18.4 Å². The van der Waals surface area contributed by atoms with Gasteiger partial charge in [-0.25, -0.2) is 13.6 Å². The molecule has 4 nitrogen and oxygen atoms in total. The van der Waals surface area contributed by atoms with E-state index in [0.717, 1.165) is 17.2 Å². The summed E-state index contributed by atoms with van der Waals surface area (Å²) < 4.78 is 27.7. The summed E-state index contributed by atoms with van der Waals surface area (Å²) >= 11 is 0. The zero-order chi connectivity index (χ0) is 20.6. The summed E-state index contributed by atoms with van der Waals surface area (Å²) in [4.78, 5) is 25.0. The van der Waals surface area contributed by atoms with Gasteiger partial charge in [-0.1, -0.05) is 29.8 Å². The highest BCUT2D eigenvalue weighted by atomic mass is 19.2. The first-order chi connectivity index (χ1) is 13.1. The van der Waals surface area contributed by atoms with Crippen LogP contribution in [0, 0.1) is 18.6 Å². The normalized spacial score (nSPS) is 17.8. The molecule has 2 aromatic rings. The van der Waals surface area contributed by atoms with Gasteiger partial charge < -0.3 is 10.4 Å². The maximum atomic E-state index is 14.1. The van der Waals surface area contributed by atoms with Gasteiger partial charge in [0.2, 0.25) is 0 Å². The number of allylic oxidation sites excluding steroid dienone is 1. The number of nitrogens with one attached hydrogen (secondary N) is 1. The Balaban J connectivity index is 1.99. The highest BCUT2D eigenvalue weighted by molar-refractivity contribution is 6.01. The van der Waals surface area contributed by atoms with Crippen molar-refractivity contribution in [3.8, 4) is 0 Å². The molecule has 1 amide bonds. The molecule has 2 N–H and O–H groups in total. The fourth-order valence-corrected chi connectivity index (χ4v) is 3.62. The van der Waals surface area contributed by atoms with Crippen LogP contribution in [0.25, 0.3) is 6.08 Å². The Labute approximate surface area is 161 Å². The lowest BCUT2D eigenvalue weighted by atomic mass is 9.93. The van der Waals surface area contributed by atoms with Crippen molar-refractivity contribution in [1.82, 2.24) is 5.32 Å². The summed E-state index contributed by atoms with van der Waals surface area (Å²) in [7, 11) is 0. The van der Waals surface area contributed by atoms with Crippen molar-refractivity contribution >= 4 is 18.0 Å². The topological polar surface area (TPSA) is 66.4 Å². The predicted molar refractivity (Wildman–Crippen MR) is 102 cm³/mol.